The molecule has 0 saturated heterocycles. The number of ether oxygens (including phenoxy) is 3. The summed E-state index contributed by atoms with van der Waals surface area (Å²) in [7, 11) is 1.61. The average molecular weight is 452 g/mol. The van der Waals surface area contributed by atoms with E-state index in [1.165, 1.54) is 15.9 Å². The second-order valence-electron chi connectivity index (χ2n) is 7.12. The summed E-state index contributed by atoms with van der Waals surface area (Å²) in [5.74, 6) is 2.64. The summed E-state index contributed by atoms with van der Waals surface area (Å²) >= 11 is 1.30. The van der Waals surface area contributed by atoms with Gasteiger partial charge in [0.05, 0.1) is 24.9 Å². The predicted molar refractivity (Wildman–Crippen MR) is 126 cm³/mol. The Hall–Kier alpha value is -3.39. The van der Waals surface area contributed by atoms with Gasteiger partial charge in [0.15, 0.2) is 17.3 Å². The van der Waals surface area contributed by atoms with Crippen LogP contribution in [0.15, 0.2) is 47.3 Å². The van der Waals surface area contributed by atoms with Crippen molar-refractivity contribution in [3.8, 4) is 28.6 Å². The third-order valence-electron chi connectivity index (χ3n) is 4.85. The Morgan fingerprint density at radius 2 is 1.88 bits per heavy atom. The maximum atomic E-state index is 12.9. The van der Waals surface area contributed by atoms with Crippen molar-refractivity contribution in [1.29, 1.82) is 0 Å². The predicted octanol–water partition coefficient (Wildman–Crippen LogP) is 3.95. The van der Waals surface area contributed by atoms with Gasteiger partial charge in [0, 0.05) is 5.56 Å². The third-order valence-corrected chi connectivity index (χ3v) is 5.81. The van der Waals surface area contributed by atoms with Crippen LogP contribution in [0.25, 0.3) is 22.4 Å². The van der Waals surface area contributed by atoms with Crippen LogP contribution >= 0.6 is 11.3 Å². The van der Waals surface area contributed by atoms with Crippen molar-refractivity contribution in [1.82, 2.24) is 14.6 Å². The van der Waals surface area contributed by atoms with Gasteiger partial charge in [0.2, 0.25) is 4.96 Å². The number of thiazole rings is 1. The molecule has 0 aliphatic carbocycles. The molecule has 0 N–H and O–H groups in total. The molecule has 7 nitrogen and oxygen atoms in total. The molecule has 2 heterocycles. The first kappa shape index (κ1) is 21.8. The monoisotopic (exact) mass is 451 g/mol. The highest BCUT2D eigenvalue weighted by Gasteiger charge is 2.12. The molecule has 0 amide bonds. The molecule has 0 aliphatic rings. The lowest BCUT2D eigenvalue weighted by molar-refractivity contribution is 0.288. The summed E-state index contributed by atoms with van der Waals surface area (Å²) in [6, 6.07) is 13.2. The highest BCUT2D eigenvalue weighted by atomic mass is 32.1. The highest BCUT2D eigenvalue weighted by molar-refractivity contribution is 7.15. The number of fused-ring (bicyclic) bond motifs is 1. The molecule has 0 bridgehead atoms. The maximum absolute atomic E-state index is 12.9. The lowest BCUT2D eigenvalue weighted by atomic mass is 10.2. The first-order chi connectivity index (χ1) is 15.6. The van der Waals surface area contributed by atoms with Crippen LogP contribution in [-0.2, 0) is 0 Å². The zero-order valence-corrected chi connectivity index (χ0v) is 19.1. The summed E-state index contributed by atoms with van der Waals surface area (Å²) in [6.07, 6.45) is 3.87. The van der Waals surface area contributed by atoms with Gasteiger partial charge in [-0.15, -0.1) is 5.10 Å². The minimum absolute atomic E-state index is 0.197. The van der Waals surface area contributed by atoms with E-state index in [-0.39, 0.29) is 5.56 Å². The van der Waals surface area contributed by atoms with Crippen molar-refractivity contribution >= 4 is 22.4 Å². The quantitative estimate of drug-likeness (QED) is 0.359. The first-order valence-electron chi connectivity index (χ1n) is 10.6. The van der Waals surface area contributed by atoms with Crippen LogP contribution in [0, 0.1) is 0 Å². The summed E-state index contributed by atoms with van der Waals surface area (Å²) < 4.78 is 18.6. The largest absolute Gasteiger partial charge is 0.494 e. The number of rotatable bonds is 9. The Labute approximate surface area is 189 Å². The molecule has 0 fully saturated rings. The molecule has 32 heavy (non-hydrogen) atoms. The minimum atomic E-state index is -0.197. The minimum Gasteiger partial charge on any atom is -0.494 e. The van der Waals surface area contributed by atoms with Crippen molar-refractivity contribution in [2.45, 2.75) is 26.7 Å². The van der Waals surface area contributed by atoms with E-state index >= 15 is 0 Å². The van der Waals surface area contributed by atoms with Gasteiger partial charge in [-0.3, -0.25) is 4.79 Å². The fourth-order valence-corrected chi connectivity index (χ4v) is 4.10. The van der Waals surface area contributed by atoms with E-state index in [1.807, 2.05) is 55.5 Å². The molecular formula is C24H25N3O4S. The van der Waals surface area contributed by atoms with Gasteiger partial charge in [-0.1, -0.05) is 30.7 Å². The molecule has 0 unspecified atom stereocenters. The molecule has 4 rings (SSSR count). The van der Waals surface area contributed by atoms with Gasteiger partial charge < -0.3 is 14.2 Å². The molecule has 166 valence electrons. The Bertz CT molecular complexity index is 1310. The number of nitrogens with zero attached hydrogens (tertiary/aromatic N) is 3. The summed E-state index contributed by atoms with van der Waals surface area (Å²) in [4.78, 5) is 18.0. The second-order valence-corrected chi connectivity index (χ2v) is 8.12. The lowest BCUT2D eigenvalue weighted by Gasteiger charge is -2.10. The second kappa shape index (κ2) is 9.82. The molecule has 0 aliphatic heterocycles. The van der Waals surface area contributed by atoms with E-state index in [1.54, 1.807) is 7.11 Å². The number of unbranched alkanes of at least 4 members (excludes halogenated alkanes) is 1. The SMILES string of the molecule is CCCCOc1ccc(/C=c2\sc3nc(-c4ccc(OCC)cc4)nn3c2=O)cc1OC. The van der Waals surface area contributed by atoms with Crippen LogP contribution in [0.2, 0.25) is 0 Å². The zero-order chi connectivity index (χ0) is 22.5. The molecule has 0 radical (unpaired) electrons. The zero-order valence-electron chi connectivity index (χ0n) is 18.3. The van der Waals surface area contributed by atoms with Gasteiger partial charge in [0.1, 0.15) is 5.75 Å². The van der Waals surface area contributed by atoms with Crippen molar-refractivity contribution in [3.63, 3.8) is 0 Å². The van der Waals surface area contributed by atoms with E-state index < -0.39 is 0 Å². The Morgan fingerprint density at radius 1 is 1.06 bits per heavy atom. The smallest absolute Gasteiger partial charge is 0.291 e. The summed E-state index contributed by atoms with van der Waals surface area (Å²) in [5, 5.41) is 4.41. The van der Waals surface area contributed by atoms with E-state index in [0.717, 1.165) is 29.7 Å². The lowest BCUT2D eigenvalue weighted by Crippen LogP contribution is -2.23. The molecule has 0 atom stereocenters. The van der Waals surface area contributed by atoms with E-state index in [0.29, 0.717) is 40.0 Å². The summed E-state index contributed by atoms with van der Waals surface area (Å²) in [5.41, 5.74) is 1.48. The molecule has 2 aromatic heterocycles. The number of hydrogen-bond donors (Lipinski definition) is 0. The van der Waals surface area contributed by atoms with Crippen LogP contribution in [0.1, 0.15) is 32.3 Å². The number of benzene rings is 2. The standard InChI is InChI=1S/C24H25N3O4S/c1-4-6-13-31-19-12-7-16(14-20(19)29-3)15-21-23(28)27-24(32-21)25-22(26-27)17-8-10-18(11-9-17)30-5-2/h7-12,14-15H,4-6,13H2,1-3H3/b21-15-. The number of methoxy groups -OCH3 is 1. The highest BCUT2D eigenvalue weighted by Crippen LogP contribution is 2.28. The molecule has 0 spiro atoms. The van der Waals surface area contributed by atoms with Crippen LogP contribution in [0.4, 0.5) is 0 Å². The van der Waals surface area contributed by atoms with Crippen molar-refractivity contribution in [3.05, 3.63) is 62.9 Å². The number of hydrogen-bond acceptors (Lipinski definition) is 7. The van der Waals surface area contributed by atoms with E-state index in [4.69, 9.17) is 14.2 Å². The van der Waals surface area contributed by atoms with Crippen molar-refractivity contribution < 1.29 is 14.2 Å². The molecule has 2 aromatic carbocycles. The molecular weight excluding hydrogens is 426 g/mol. The average Bonchev–Trinajstić information content (AvgIpc) is 3.35. The number of aromatic nitrogens is 3. The van der Waals surface area contributed by atoms with Crippen molar-refractivity contribution in [2.24, 2.45) is 0 Å². The van der Waals surface area contributed by atoms with E-state index in [2.05, 4.69) is 17.0 Å². The third kappa shape index (κ3) is 4.60. The van der Waals surface area contributed by atoms with Gasteiger partial charge in [0.25, 0.3) is 5.56 Å². The van der Waals surface area contributed by atoms with Gasteiger partial charge in [-0.25, -0.2) is 0 Å². The Kier molecular flexibility index (Phi) is 6.70. The molecule has 0 saturated carbocycles. The summed E-state index contributed by atoms with van der Waals surface area (Å²) in [6.45, 7) is 5.31. The fourth-order valence-electron chi connectivity index (χ4n) is 3.19. The topological polar surface area (TPSA) is 75.0 Å². The van der Waals surface area contributed by atoms with Gasteiger partial charge in [-0.05, 0) is 61.4 Å². The van der Waals surface area contributed by atoms with Gasteiger partial charge in [-0.2, -0.15) is 9.50 Å². The molecule has 8 heteroatoms. The van der Waals surface area contributed by atoms with Gasteiger partial charge >= 0.3 is 0 Å². The van der Waals surface area contributed by atoms with Crippen LogP contribution in [-0.4, -0.2) is 34.9 Å². The van der Waals surface area contributed by atoms with Crippen molar-refractivity contribution in [2.75, 3.05) is 20.3 Å². The normalized spacial score (nSPS) is 11.8. The van der Waals surface area contributed by atoms with Crippen LogP contribution in [0.3, 0.4) is 0 Å². The fraction of sp³-hybridized carbons (Fsp3) is 0.292. The molecule has 4 aromatic rings. The van der Waals surface area contributed by atoms with Crippen LogP contribution in [0.5, 0.6) is 17.2 Å². The first-order valence-corrected chi connectivity index (χ1v) is 11.4. The Morgan fingerprint density at radius 3 is 2.56 bits per heavy atom. The van der Waals surface area contributed by atoms with Crippen LogP contribution < -0.4 is 24.3 Å². The Balaban J connectivity index is 1.62. The maximum Gasteiger partial charge on any atom is 0.291 e. The van der Waals surface area contributed by atoms with E-state index in [9.17, 15) is 4.79 Å².